The van der Waals surface area contributed by atoms with E-state index in [0.717, 1.165) is 17.5 Å². The molecule has 0 radical (unpaired) electrons. The number of benzene rings is 2. The second-order valence-corrected chi connectivity index (χ2v) is 5.11. The predicted molar refractivity (Wildman–Crippen MR) is 80.7 cm³/mol. The molecule has 0 spiro atoms. The van der Waals surface area contributed by atoms with Crippen LogP contribution in [0.1, 0.15) is 24.2 Å². The molecule has 2 aromatic rings. The molecule has 0 aliphatic heterocycles. The van der Waals surface area contributed by atoms with Gasteiger partial charge in [0.2, 0.25) is 0 Å². The summed E-state index contributed by atoms with van der Waals surface area (Å²) in [5, 5.41) is 22.7. The minimum Gasteiger partial charge on any atom is -0.508 e. The van der Waals surface area contributed by atoms with E-state index in [0.29, 0.717) is 6.54 Å². The molecule has 0 amide bonds. The molecule has 0 saturated heterocycles. The van der Waals surface area contributed by atoms with Gasteiger partial charge in [0, 0.05) is 12.6 Å². The monoisotopic (exact) mass is 271 g/mol. The molecule has 106 valence electrons. The van der Waals surface area contributed by atoms with E-state index in [4.69, 9.17) is 0 Å². The van der Waals surface area contributed by atoms with Crippen LogP contribution in [-0.4, -0.2) is 22.8 Å². The molecule has 2 aromatic carbocycles. The summed E-state index contributed by atoms with van der Waals surface area (Å²) in [6.07, 6.45) is 0.375. The van der Waals surface area contributed by atoms with E-state index in [2.05, 4.69) is 12.2 Å². The van der Waals surface area contributed by atoms with Crippen molar-refractivity contribution in [2.75, 3.05) is 6.54 Å². The van der Waals surface area contributed by atoms with Crippen LogP contribution in [0.15, 0.2) is 54.6 Å². The molecule has 3 N–H and O–H groups in total. The first kappa shape index (κ1) is 14.6. The fourth-order valence-corrected chi connectivity index (χ4v) is 2.16. The topological polar surface area (TPSA) is 52.5 Å². The Morgan fingerprint density at radius 2 is 1.65 bits per heavy atom. The number of phenolic OH excluding ortho intramolecular Hbond substituents is 1. The highest BCUT2D eigenvalue weighted by atomic mass is 16.3. The van der Waals surface area contributed by atoms with Gasteiger partial charge >= 0.3 is 0 Å². The zero-order valence-corrected chi connectivity index (χ0v) is 11.7. The van der Waals surface area contributed by atoms with Crippen LogP contribution in [-0.2, 0) is 6.42 Å². The summed E-state index contributed by atoms with van der Waals surface area (Å²) in [6, 6.07) is 17.1. The quantitative estimate of drug-likeness (QED) is 0.757. The molecule has 2 unspecified atom stereocenters. The third-order valence-electron chi connectivity index (χ3n) is 3.32. The van der Waals surface area contributed by atoms with Gasteiger partial charge in [0.15, 0.2) is 0 Å². The van der Waals surface area contributed by atoms with E-state index in [1.165, 1.54) is 0 Å². The Balaban J connectivity index is 1.80. The first-order valence-corrected chi connectivity index (χ1v) is 6.89. The highest BCUT2D eigenvalue weighted by molar-refractivity contribution is 5.26. The number of nitrogens with one attached hydrogen (secondary N) is 1. The third kappa shape index (κ3) is 4.37. The Hall–Kier alpha value is -1.84. The van der Waals surface area contributed by atoms with Crippen LogP contribution < -0.4 is 5.32 Å². The van der Waals surface area contributed by atoms with Crippen molar-refractivity contribution in [3.05, 3.63) is 65.7 Å². The van der Waals surface area contributed by atoms with Gasteiger partial charge in [-0.1, -0.05) is 42.5 Å². The lowest BCUT2D eigenvalue weighted by atomic mass is 10.1. The summed E-state index contributed by atoms with van der Waals surface area (Å²) in [7, 11) is 0. The van der Waals surface area contributed by atoms with Crippen LogP contribution in [0.2, 0.25) is 0 Å². The Bertz CT molecular complexity index is 510. The lowest BCUT2D eigenvalue weighted by Gasteiger charge is -2.17. The molecule has 2 atom stereocenters. The fourth-order valence-electron chi connectivity index (χ4n) is 2.16. The fraction of sp³-hybridized carbons (Fsp3) is 0.294. The van der Waals surface area contributed by atoms with Crippen molar-refractivity contribution in [1.29, 1.82) is 0 Å². The van der Waals surface area contributed by atoms with Gasteiger partial charge < -0.3 is 15.5 Å². The second kappa shape index (κ2) is 7.08. The van der Waals surface area contributed by atoms with E-state index in [-0.39, 0.29) is 11.8 Å². The molecule has 0 aliphatic carbocycles. The van der Waals surface area contributed by atoms with Crippen molar-refractivity contribution in [3.63, 3.8) is 0 Å². The first-order chi connectivity index (χ1) is 9.65. The van der Waals surface area contributed by atoms with Crippen molar-refractivity contribution < 1.29 is 10.2 Å². The van der Waals surface area contributed by atoms with Crippen molar-refractivity contribution in [1.82, 2.24) is 5.32 Å². The number of hydrogen-bond donors (Lipinski definition) is 3. The van der Waals surface area contributed by atoms with Gasteiger partial charge in [-0.15, -0.1) is 0 Å². The largest absolute Gasteiger partial charge is 0.508 e. The average molecular weight is 271 g/mol. The van der Waals surface area contributed by atoms with Crippen LogP contribution in [0.5, 0.6) is 5.75 Å². The number of aromatic hydroxyl groups is 1. The molecular weight excluding hydrogens is 250 g/mol. The normalized spacial score (nSPS) is 13.9. The summed E-state index contributed by atoms with van der Waals surface area (Å²) < 4.78 is 0. The number of rotatable bonds is 6. The Kier molecular flexibility index (Phi) is 5.16. The zero-order chi connectivity index (χ0) is 14.4. The molecule has 0 aliphatic rings. The minimum absolute atomic E-state index is 0.262. The molecule has 0 saturated carbocycles. The summed E-state index contributed by atoms with van der Waals surface area (Å²) in [4.78, 5) is 0. The van der Waals surface area contributed by atoms with Crippen LogP contribution in [0.4, 0.5) is 0 Å². The molecule has 20 heavy (non-hydrogen) atoms. The van der Waals surface area contributed by atoms with Crippen LogP contribution in [0, 0.1) is 0 Å². The van der Waals surface area contributed by atoms with E-state index >= 15 is 0 Å². The number of aliphatic hydroxyl groups excluding tert-OH is 1. The van der Waals surface area contributed by atoms with Gasteiger partial charge in [0.25, 0.3) is 0 Å². The van der Waals surface area contributed by atoms with Gasteiger partial charge in [0.05, 0.1) is 6.10 Å². The predicted octanol–water partition coefficient (Wildman–Crippen LogP) is 2.65. The zero-order valence-electron chi connectivity index (χ0n) is 11.7. The lowest BCUT2D eigenvalue weighted by Crippen LogP contribution is -2.32. The molecule has 3 heteroatoms. The van der Waals surface area contributed by atoms with Gasteiger partial charge in [-0.05, 0) is 36.6 Å². The SMILES string of the molecule is CC(Cc1ccc(O)cc1)NCC(O)c1ccccc1. The van der Waals surface area contributed by atoms with Gasteiger partial charge in [-0.3, -0.25) is 0 Å². The number of phenols is 1. The molecule has 0 heterocycles. The number of hydrogen-bond acceptors (Lipinski definition) is 3. The van der Waals surface area contributed by atoms with E-state index in [1.54, 1.807) is 12.1 Å². The molecule has 0 aromatic heterocycles. The van der Waals surface area contributed by atoms with E-state index in [9.17, 15) is 10.2 Å². The summed E-state index contributed by atoms with van der Waals surface area (Å²) in [6.45, 7) is 2.62. The molecule has 3 nitrogen and oxygen atoms in total. The molecule has 2 rings (SSSR count). The van der Waals surface area contributed by atoms with Gasteiger partial charge in [0.1, 0.15) is 5.75 Å². The third-order valence-corrected chi connectivity index (χ3v) is 3.32. The lowest BCUT2D eigenvalue weighted by molar-refractivity contribution is 0.170. The van der Waals surface area contributed by atoms with Gasteiger partial charge in [-0.2, -0.15) is 0 Å². The van der Waals surface area contributed by atoms with Crippen molar-refractivity contribution in [2.45, 2.75) is 25.5 Å². The smallest absolute Gasteiger partial charge is 0.115 e. The van der Waals surface area contributed by atoms with Gasteiger partial charge in [-0.25, -0.2) is 0 Å². The van der Waals surface area contributed by atoms with Crippen molar-refractivity contribution >= 4 is 0 Å². The molecule has 0 bridgehead atoms. The standard InChI is InChI=1S/C17H21NO2/c1-13(11-14-7-9-16(19)10-8-14)18-12-17(20)15-5-3-2-4-6-15/h2-10,13,17-20H,11-12H2,1H3. The van der Waals surface area contributed by atoms with Crippen LogP contribution >= 0.6 is 0 Å². The molecule has 0 fully saturated rings. The maximum atomic E-state index is 10.1. The van der Waals surface area contributed by atoms with Crippen LogP contribution in [0.25, 0.3) is 0 Å². The number of aliphatic hydroxyl groups is 1. The summed E-state index contributed by atoms with van der Waals surface area (Å²) in [5.74, 6) is 0.286. The highest BCUT2D eigenvalue weighted by Crippen LogP contribution is 2.13. The van der Waals surface area contributed by atoms with Crippen LogP contribution in [0.3, 0.4) is 0 Å². The van der Waals surface area contributed by atoms with Crippen molar-refractivity contribution in [2.24, 2.45) is 0 Å². The first-order valence-electron chi connectivity index (χ1n) is 6.89. The maximum Gasteiger partial charge on any atom is 0.115 e. The van der Waals surface area contributed by atoms with Crippen molar-refractivity contribution in [3.8, 4) is 5.75 Å². The summed E-state index contributed by atoms with van der Waals surface area (Å²) in [5.41, 5.74) is 2.09. The average Bonchev–Trinajstić information content (AvgIpc) is 2.48. The Labute approximate surface area is 119 Å². The highest BCUT2D eigenvalue weighted by Gasteiger charge is 2.09. The van der Waals surface area contributed by atoms with E-state index < -0.39 is 6.10 Å². The van der Waals surface area contributed by atoms with E-state index in [1.807, 2.05) is 42.5 Å². The maximum absolute atomic E-state index is 10.1. The Morgan fingerprint density at radius 1 is 1.00 bits per heavy atom. The summed E-state index contributed by atoms with van der Waals surface area (Å²) >= 11 is 0. The Morgan fingerprint density at radius 3 is 2.30 bits per heavy atom. The molecular formula is C17H21NO2. The minimum atomic E-state index is -0.488. The second-order valence-electron chi connectivity index (χ2n) is 5.11.